The van der Waals surface area contributed by atoms with E-state index in [0.29, 0.717) is 5.13 Å². The Morgan fingerprint density at radius 1 is 1.16 bits per heavy atom. The van der Waals surface area contributed by atoms with E-state index in [4.69, 9.17) is 0 Å². The first-order chi connectivity index (χ1) is 12.3. The van der Waals surface area contributed by atoms with Crippen LogP contribution >= 0.6 is 11.3 Å². The molecule has 0 radical (unpaired) electrons. The van der Waals surface area contributed by atoms with E-state index in [1.54, 1.807) is 0 Å². The Hall–Kier alpha value is -2.24. The van der Waals surface area contributed by atoms with E-state index in [2.05, 4.69) is 39.5 Å². The summed E-state index contributed by atoms with van der Waals surface area (Å²) in [5.74, 6) is 0.126. The molecule has 1 aromatic heterocycles. The summed E-state index contributed by atoms with van der Waals surface area (Å²) in [6, 6.07) is 18.4. The number of likely N-dealkylation sites (tertiary alicyclic amines) is 1. The average Bonchev–Trinajstić information content (AvgIpc) is 3.05. The minimum absolute atomic E-state index is 0.0319. The van der Waals surface area contributed by atoms with Gasteiger partial charge in [0.1, 0.15) is 0 Å². The number of piperidine rings is 1. The summed E-state index contributed by atoms with van der Waals surface area (Å²) in [5.41, 5.74) is 2.24. The molecular formula is C20H21N3OS. The van der Waals surface area contributed by atoms with E-state index >= 15 is 0 Å². The summed E-state index contributed by atoms with van der Waals surface area (Å²) in [7, 11) is 0. The van der Waals surface area contributed by atoms with Crippen molar-refractivity contribution < 1.29 is 4.79 Å². The number of aromatic nitrogens is 1. The number of amides is 1. The molecule has 5 heteroatoms. The normalized spacial score (nSPS) is 18.3. The van der Waals surface area contributed by atoms with Gasteiger partial charge in [-0.3, -0.25) is 9.69 Å². The van der Waals surface area contributed by atoms with Crippen LogP contribution in [0, 0.1) is 5.92 Å². The fourth-order valence-corrected chi connectivity index (χ4v) is 4.26. The lowest BCUT2D eigenvalue weighted by atomic mass is 9.97. The molecule has 0 bridgehead atoms. The van der Waals surface area contributed by atoms with Gasteiger partial charge in [-0.1, -0.05) is 53.8 Å². The molecule has 2 aromatic carbocycles. The Bertz CT molecular complexity index is 829. The van der Waals surface area contributed by atoms with Gasteiger partial charge in [-0.05, 0) is 37.1 Å². The highest BCUT2D eigenvalue weighted by molar-refractivity contribution is 7.22. The molecule has 128 valence electrons. The van der Waals surface area contributed by atoms with Gasteiger partial charge in [0, 0.05) is 13.1 Å². The average molecular weight is 351 g/mol. The molecule has 4 nitrogen and oxygen atoms in total. The molecule has 2 heterocycles. The van der Waals surface area contributed by atoms with Crippen molar-refractivity contribution >= 4 is 32.6 Å². The van der Waals surface area contributed by atoms with Crippen LogP contribution in [0.5, 0.6) is 0 Å². The lowest BCUT2D eigenvalue weighted by molar-refractivity contribution is -0.121. The van der Waals surface area contributed by atoms with Crippen LogP contribution < -0.4 is 5.32 Å². The number of carbonyl (C=O) groups excluding carboxylic acids is 1. The van der Waals surface area contributed by atoms with Gasteiger partial charge < -0.3 is 5.32 Å². The molecule has 1 fully saturated rings. The Labute approximate surface area is 151 Å². The van der Waals surface area contributed by atoms with Crippen molar-refractivity contribution in [3.8, 4) is 0 Å². The molecule has 0 saturated carbocycles. The molecule has 25 heavy (non-hydrogen) atoms. The predicted molar refractivity (Wildman–Crippen MR) is 103 cm³/mol. The molecule has 1 N–H and O–H groups in total. The Morgan fingerprint density at radius 2 is 1.96 bits per heavy atom. The SMILES string of the molecule is O=C(Nc1nc2ccccc2s1)C1CCCN(Cc2ccccc2)C1. The zero-order valence-electron chi connectivity index (χ0n) is 14.0. The largest absolute Gasteiger partial charge is 0.302 e. The Morgan fingerprint density at radius 3 is 2.80 bits per heavy atom. The first-order valence-electron chi connectivity index (χ1n) is 8.71. The van der Waals surface area contributed by atoms with E-state index in [1.807, 2.05) is 30.3 Å². The second-order valence-electron chi connectivity index (χ2n) is 6.54. The summed E-state index contributed by atoms with van der Waals surface area (Å²) in [6.07, 6.45) is 2.01. The minimum atomic E-state index is 0.0319. The number of nitrogens with zero attached hydrogens (tertiary/aromatic N) is 2. The van der Waals surface area contributed by atoms with E-state index in [0.717, 1.165) is 42.7 Å². The van der Waals surface area contributed by atoms with Crippen molar-refractivity contribution in [1.82, 2.24) is 9.88 Å². The maximum atomic E-state index is 12.7. The van der Waals surface area contributed by atoms with E-state index in [-0.39, 0.29) is 11.8 Å². The number of hydrogen-bond acceptors (Lipinski definition) is 4. The van der Waals surface area contributed by atoms with Crippen molar-refractivity contribution in [2.75, 3.05) is 18.4 Å². The van der Waals surface area contributed by atoms with Gasteiger partial charge in [0.25, 0.3) is 0 Å². The number of para-hydroxylation sites is 1. The zero-order chi connectivity index (χ0) is 17.1. The van der Waals surface area contributed by atoms with E-state index < -0.39 is 0 Å². The second kappa shape index (κ2) is 7.33. The third-order valence-electron chi connectivity index (χ3n) is 4.65. The van der Waals surface area contributed by atoms with Gasteiger partial charge in [-0.25, -0.2) is 4.98 Å². The summed E-state index contributed by atoms with van der Waals surface area (Å²) in [4.78, 5) is 19.6. The molecule has 1 saturated heterocycles. The van der Waals surface area contributed by atoms with Gasteiger partial charge in [0.05, 0.1) is 16.1 Å². The van der Waals surface area contributed by atoms with Crippen molar-refractivity contribution in [3.63, 3.8) is 0 Å². The third kappa shape index (κ3) is 3.89. The molecule has 3 aromatic rings. The van der Waals surface area contributed by atoms with Crippen LogP contribution in [0.15, 0.2) is 54.6 Å². The molecule has 0 aliphatic carbocycles. The first kappa shape index (κ1) is 16.2. The fraction of sp³-hybridized carbons (Fsp3) is 0.300. The summed E-state index contributed by atoms with van der Waals surface area (Å²) in [5, 5.41) is 3.73. The monoisotopic (exact) mass is 351 g/mol. The van der Waals surface area contributed by atoms with Crippen LogP contribution in [-0.4, -0.2) is 28.9 Å². The van der Waals surface area contributed by atoms with Gasteiger partial charge in [0.15, 0.2) is 5.13 Å². The molecule has 1 aliphatic rings. The highest BCUT2D eigenvalue weighted by atomic mass is 32.1. The topological polar surface area (TPSA) is 45.2 Å². The van der Waals surface area contributed by atoms with Crippen molar-refractivity contribution in [3.05, 3.63) is 60.2 Å². The molecule has 1 unspecified atom stereocenters. The van der Waals surface area contributed by atoms with Crippen LogP contribution in [0.4, 0.5) is 5.13 Å². The highest BCUT2D eigenvalue weighted by Crippen LogP contribution is 2.27. The molecule has 4 rings (SSSR count). The van der Waals surface area contributed by atoms with Gasteiger partial charge in [-0.2, -0.15) is 0 Å². The minimum Gasteiger partial charge on any atom is -0.302 e. The Balaban J connectivity index is 1.39. The third-order valence-corrected chi connectivity index (χ3v) is 5.60. The summed E-state index contributed by atoms with van der Waals surface area (Å²) < 4.78 is 1.10. The molecule has 1 amide bonds. The van der Waals surface area contributed by atoms with Gasteiger partial charge in [0.2, 0.25) is 5.91 Å². The molecule has 1 aliphatic heterocycles. The zero-order valence-corrected chi connectivity index (χ0v) is 14.8. The van der Waals surface area contributed by atoms with Crippen LogP contribution in [0.1, 0.15) is 18.4 Å². The van der Waals surface area contributed by atoms with Gasteiger partial charge in [-0.15, -0.1) is 0 Å². The van der Waals surface area contributed by atoms with Gasteiger partial charge >= 0.3 is 0 Å². The fourth-order valence-electron chi connectivity index (χ4n) is 3.39. The number of nitrogens with one attached hydrogen (secondary N) is 1. The quantitative estimate of drug-likeness (QED) is 0.768. The Kier molecular flexibility index (Phi) is 4.76. The predicted octanol–water partition coefficient (Wildman–Crippen LogP) is 4.15. The first-order valence-corrected chi connectivity index (χ1v) is 9.52. The van der Waals surface area contributed by atoms with E-state index in [9.17, 15) is 4.79 Å². The second-order valence-corrected chi connectivity index (χ2v) is 7.57. The molecule has 1 atom stereocenters. The maximum absolute atomic E-state index is 12.7. The number of fused-ring (bicyclic) bond motifs is 1. The van der Waals surface area contributed by atoms with Crippen LogP contribution in [0.2, 0.25) is 0 Å². The number of benzene rings is 2. The lowest BCUT2D eigenvalue weighted by Crippen LogP contribution is -2.40. The smallest absolute Gasteiger partial charge is 0.230 e. The van der Waals surface area contributed by atoms with Crippen molar-refractivity contribution in [2.24, 2.45) is 5.92 Å². The standard InChI is InChI=1S/C20H21N3OS/c24-19(22-20-21-17-10-4-5-11-18(17)25-20)16-9-6-12-23(14-16)13-15-7-2-1-3-8-15/h1-5,7-8,10-11,16H,6,9,12-14H2,(H,21,22,24). The van der Waals surface area contributed by atoms with Crippen molar-refractivity contribution in [1.29, 1.82) is 0 Å². The lowest BCUT2D eigenvalue weighted by Gasteiger charge is -2.31. The number of hydrogen-bond donors (Lipinski definition) is 1. The number of rotatable bonds is 4. The van der Waals surface area contributed by atoms with Crippen LogP contribution in [-0.2, 0) is 11.3 Å². The number of thiazole rings is 1. The van der Waals surface area contributed by atoms with E-state index in [1.165, 1.54) is 16.9 Å². The number of anilines is 1. The summed E-state index contributed by atoms with van der Waals surface area (Å²) in [6.45, 7) is 2.77. The van der Waals surface area contributed by atoms with Crippen molar-refractivity contribution in [2.45, 2.75) is 19.4 Å². The summed E-state index contributed by atoms with van der Waals surface area (Å²) >= 11 is 1.54. The highest BCUT2D eigenvalue weighted by Gasteiger charge is 2.26. The number of carbonyl (C=O) groups is 1. The molecule has 0 spiro atoms. The van der Waals surface area contributed by atoms with Crippen LogP contribution in [0.25, 0.3) is 10.2 Å². The van der Waals surface area contributed by atoms with Crippen LogP contribution in [0.3, 0.4) is 0 Å². The molecular weight excluding hydrogens is 330 g/mol. The maximum Gasteiger partial charge on any atom is 0.230 e.